The minimum Gasteiger partial charge on any atom is -0.480 e. The number of unbranched alkanes of at least 4 members (excludes halogenated alkanes) is 1. The molecule has 0 radical (unpaired) electrons. The van der Waals surface area contributed by atoms with E-state index in [0.717, 1.165) is 6.08 Å². The first kappa shape index (κ1) is 21.3. The maximum absolute atomic E-state index is 12.6. The number of Topliss-reactive ketones (excluding diaryl/α,β-unsaturated/α-hetero) is 1. The third-order valence-corrected chi connectivity index (χ3v) is 3.73. The van der Waals surface area contributed by atoms with E-state index in [2.05, 4.69) is 10.6 Å². The topological polar surface area (TPSA) is 173 Å². The molecule has 2 atom stereocenters. The molecule has 144 valence electrons. The van der Waals surface area contributed by atoms with Crippen molar-refractivity contribution in [2.24, 2.45) is 0 Å². The molecule has 0 aromatic heterocycles. The van der Waals surface area contributed by atoms with Crippen LogP contribution in [0.3, 0.4) is 0 Å². The highest BCUT2D eigenvalue weighted by Crippen LogP contribution is 2.22. The van der Waals surface area contributed by atoms with E-state index in [1.807, 2.05) is 6.92 Å². The molecule has 1 rings (SSSR count). The first-order valence-electron chi connectivity index (χ1n) is 8.01. The second-order valence-electron chi connectivity index (χ2n) is 5.64. The minimum atomic E-state index is -1.47. The highest BCUT2D eigenvalue weighted by molar-refractivity contribution is 6.22. The van der Waals surface area contributed by atoms with Crippen molar-refractivity contribution in [2.75, 3.05) is 13.2 Å². The predicted molar refractivity (Wildman–Crippen MR) is 87.9 cm³/mol. The zero-order chi connectivity index (χ0) is 19.9. The molecule has 0 spiro atoms. The quantitative estimate of drug-likeness (QED) is 0.236. The van der Waals surface area contributed by atoms with Gasteiger partial charge in [-0.15, -0.1) is 0 Å². The fraction of sp³-hybridized carbons (Fsp3) is 0.500. The van der Waals surface area contributed by atoms with Crippen LogP contribution in [0.15, 0.2) is 23.0 Å². The van der Waals surface area contributed by atoms with E-state index in [1.54, 1.807) is 0 Å². The van der Waals surface area contributed by atoms with Gasteiger partial charge in [-0.3, -0.25) is 9.59 Å². The van der Waals surface area contributed by atoms with E-state index in [4.69, 9.17) is 20.4 Å². The summed E-state index contributed by atoms with van der Waals surface area (Å²) in [6, 6.07) is -2.94. The number of carboxylic acid groups (broad SMARTS) is 2. The largest absolute Gasteiger partial charge is 0.480 e. The van der Waals surface area contributed by atoms with Gasteiger partial charge >= 0.3 is 11.9 Å². The molecule has 0 aromatic rings. The van der Waals surface area contributed by atoms with Crippen molar-refractivity contribution >= 4 is 23.5 Å². The molecule has 0 aromatic carbocycles. The van der Waals surface area contributed by atoms with Crippen molar-refractivity contribution in [1.82, 2.24) is 10.6 Å². The van der Waals surface area contributed by atoms with Gasteiger partial charge in [0.2, 0.25) is 11.6 Å². The molecular weight excluding hydrogens is 348 g/mol. The molecule has 1 aliphatic carbocycles. The number of nitrogens with one attached hydrogen (secondary N) is 2. The van der Waals surface area contributed by atoms with Crippen LogP contribution in [0.25, 0.3) is 0 Å². The Balaban J connectivity index is 3.20. The van der Waals surface area contributed by atoms with Crippen LogP contribution in [0, 0.1) is 0 Å². The maximum Gasteiger partial charge on any atom is 0.328 e. The average Bonchev–Trinajstić information content (AvgIpc) is 2.59. The summed E-state index contributed by atoms with van der Waals surface area (Å²) in [6.45, 7) is 0.276. The SMILES string of the molecule is CCCCC1=C(N[C@@H](CO)C(=O)O)C(=O)C=C(N[C@@H](CO)C(=O)O)C1=O. The number of hydrogen-bond donors (Lipinski definition) is 6. The van der Waals surface area contributed by atoms with E-state index < -0.39 is 48.8 Å². The van der Waals surface area contributed by atoms with Crippen LogP contribution in [0.4, 0.5) is 0 Å². The summed E-state index contributed by atoms with van der Waals surface area (Å²) in [5.74, 6) is -4.18. The number of carbonyl (C=O) groups excluding carboxylic acids is 2. The summed E-state index contributed by atoms with van der Waals surface area (Å²) in [6.07, 6.45) is 2.24. The summed E-state index contributed by atoms with van der Waals surface area (Å²) in [5, 5.41) is 40.9. The second kappa shape index (κ2) is 9.68. The Kier molecular flexibility index (Phi) is 7.94. The molecular formula is C16H22N2O8. The molecule has 1 aliphatic rings. The van der Waals surface area contributed by atoms with E-state index >= 15 is 0 Å². The van der Waals surface area contributed by atoms with Crippen LogP contribution < -0.4 is 10.6 Å². The average molecular weight is 370 g/mol. The van der Waals surface area contributed by atoms with Gasteiger partial charge in [0.05, 0.1) is 24.6 Å². The number of rotatable bonds is 11. The molecule has 0 aliphatic heterocycles. The summed E-state index contributed by atoms with van der Waals surface area (Å²) in [4.78, 5) is 47.1. The third-order valence-electron chi connectivity index (χ3n) is 3.73. The number of carbonyl (C=O) groups is 4. The van der Waals surface area contributed by atoms with E-state index in [-0.39, 0.29) is 23.4 Å². The van der Waals surface area contributed by atoms with Gasteiger partial charge < -0.3 is 31.1 Å². The van der Waals surface area contributed by atoms with Crippen molar-refractivity contribution in [3.63, 3.8) is 0 Å². The smallest absolute Gasteiger partial charge is 0.328 e. The first-order valence-corrected chi connectivity index (χ1v) is 8.01. The van der Waals surface area contributed by atoms with Crippen LogP contribution in [0.1, 0.15) is 26.2 Å². The van der Waals surface area contributed by atoms with Gasteiger partial charge in [-0.2, -0.15) is 0 Å². The number of allylic oxidation sites excluding steroid dienone is 2. The van der Waals surface area contributed by atoms with Crippen LogP contribution in [-0.2, 0) is 19.2 Å². The molecule has 0 unspecified atom stereocenters. The molecule has 0 fully saturated rings. The van der Waals surface area contributed by atoms with Crippen LogP contribution in [0.5, 0.6) is 0 Å². The number of ketones is 2. The lowest BCUT2D eigenvalue weighted by Crippen LogP contribution is -2.46. The molecule has 0 amide bonds. The molecule has 0 saturated heterocycles. The first-order chi connectivity index (χ1) is 12.3. The van der Waals surface area contributed by atoms with Gasteiger partial charge in [0.15, 0.2) is 0 Å². The van der Waals surface area contributed by atoms with E-state index in [0.29, 0.717) is 12.8 Å². The molecule has 0 bridgehead atoms. The van der Waals surface area contributed by atoms with Crippen molar-refractivity contribution in [3.05, 3.63) is 23.0 Å². The fourth-order valence-corrected chi connectivity index (χ4v) is 2.28. The zero-order valence-electron chi connectivity index (χ0n) is 14.2. The third kappa shape index (κ3) is 5.14. The number of aliphatic hydroxyl groups is 2. The minimum absolute atomic E-state index is 0.00336. The normalized spacial score (nSPS) is 16.8. The monoisotopic (exact) mass is 370 g/mol. The van der Waals surface area contributed by atoms with Crippen LogP contribution in [0.2, 0.25) is 0 Å². The number of aliphatic hydroxyl groups excluding tert-OH is 2. The van der Waals surface area contributed by atoms with E-state index in [9.17, 15) is 19.2 Å². The Labute approximate surface area is 149 Å². The highest BCUT2D eigenvalue weighted by Gasteiger charge is 2.32. The highest BCUT2D eigenvalue weighted by atomic mass is 16.4. The van der Waals surface area contributed by atoms with E-state index in [1.165, 1.54) is 0 Å². The van der Waals surface area contributed by atoms with Crippen molar-refractivity contribution in [2.45, 2.75) is 38.3 Å². The summed E-state index contributed by atoms with van der Waals surface area (Å²) in [5.41, 5.74) is -0.515. The second-order valence-corrected chi connectivity index (χ2v) is 5.64. The number of carboxylic acids is 2. The summed E-state index contributed by atoms with van der Waals surface area (Å²) >= 11 is 0. The van der Waals surface area contributed by atoms with Crippen molar-refractivity contribution in [1.29, 1.82) is 0 Å². The van der Waals surface area contributed by atoms with Crippen LogP contribution in [-0.4, -0.2) is 69.2 Å². The fourth-order valence-electron chi connectivity index (χ4n) is 2.28. The lowest BCUT2D eigenvalue weighted by molar-refractivity contribution is -0.141. The predicted octanol–water partition coefficient (Wildman–Crippen LogP) is -1.46. The molecule has 10 heteroatoms. The maximum atomic E-state index is 12.6. The molecule has 0 saturated carbocycles. The van der Waals surface area contributed by atoms with Gasteiger partial charge in [-0.05, 0) is 12.8 Å². The van der Waals surface area contributed by atoms with Gasteiger partial charge in [0, 0.05) is 11.6 Å². The molecule has 0 heterocycles. The lowest BCUT2D eigenvalue weighted by atomic mass is 9.92. The standard InChI is InChI=1S/C16H22N2O8/c1-2-3-4-8-13(18-11(7-20)16(25)26)12(21)5-9(14(8)22)17-10(6-19)15(23)24/h5,10-11,17-20H,2-4,6-7H2,1H3,(H,23,24)(H,25,26)/t10-,11-/m0/s1. The molecule has 6 N–H and O–H groups in total. The Morgan fingerprint density at radius 1 is 1.04 bits per heavy atom. The number of aliphatic carboxylic acids is 2. The van der Waals surface area contributed by atoms with Crippen molar-refractivity contribution in [3.8, 4) is 0 Å². The Bertz CT molecular complexity index is 653. The van der Waals surface area contributed by atoms with Crippen molar-refractivity contribution < 1.29 is 39.6 Å². The molecule has 10 nitrogen and oxygen atoms in total. The van der Waals surface area contributed by atoms with Gasteiger partial charge in [-0.1, -0.05) is 13.3 Å². The number of hydrogen-bond acceptors (Lipinski definition) is 8. The molecule has 26 heavy (non-hydrogen) atoms. The Morgan fingerprint density at radius 2 is 1.58 bits per heavy atom. The summed E-state index contributed by atoms with van der Waals surface area (Å²) < 4.78 is 0. The zero-order valence-corrected chi connectivity index (χ0v) is 14.2. The van der Waals surface area contributed by atoms with Gasteiger partial charge in [0.25, 0.3) is 0 Å². The lowest BCUT2D eigenvalue weighted by Gasteiger charge is -2.24. The van der Waals surface area contributed by atoms with Gasteiger partial charge in [0.1, 0.15) is 12.1 Å². The Morgan fingerprint density at radius 3 is 2.04 bits per heavy atom. The Hall–Kier alpha value is -2.72. The van der Waals surface area contributed by atoms with Crippen LogP contribution >= 0.6 is 0 Å². The summed E-state index contributed by atoms with van der Waals surface area (Å²) in [7, 11) is 0. The van der Waals surface area contributed by atoms with Gasteiger partial charge in [-0.25, -0.2) is 9.59 Å².